The van der Waals surface area contributed by atoms with Gasteiger partial charge in [-0.25, -0.2) is 0 Å². The third kappa shape index (κ3) is 1.66. The molecule has 4 unspecified atom stereocenters. The molecule has 0 radical (unpaired) electrons. The van der Waals surface area contributed by atoms with Crippen LogP contribution >= 0.6 is 0 Å². The van der Waals surface area contributed by atoms with Crippen molar-refractivity contribution in [2.24, 2.45) is 39.9 Å². The Morgan fingerprint density at radius 1 is 1.10 bits per heavy atom. The van der Waals surface area contributed by atoms with Crippen molar-refractivity contribution in [1.29, 1.82) is 0 Å². The molecular weight excluding hydrogens is 372 g/mol. The first-order valence-electron chi connectivity index (χ1n) is 12.4. The molecule has 8 atom stereocenters. The minimum atomic E-state index is -0.179. The van der Waals surface area contributed by atoms with Crippen LogP contribution in [0.25, 0.3) is 0 Å². The van der Waals surface area contributed by atoms with Crippen molar-refractivity contribution in [3.8, 4) is 0 Å². The molecule has 0 amide bonds. The van der Waals surface area contributed by atoms with Gasteiger partial charge in [-0.1, -0.05) is 30.2 Å². The van der Waals surface area contributed by atoms with Crippen LogP contribution in [0.1, 0.15) is 65.2 Å². The lowest BCUT2D eigenvalue weighted by Crippen LogP contribution is -2.53. The molecule has 0 aromatic carbocycles. The van der Waals surface area contributed by atoms with E-state index < -0.39 is 0 Å². The Kier molecular flexibility index (Phi) is 2.70. The van der Waals surface area contributed by atoms with Crippen molar-refractivity contribution in [3.63, 3.8) is 0 Å². The van der Waals surface area contributed by atoms with Crippen LogP contribution in [-0.2, 0) is 14.3 Å². The zero-order chi connectivity index (χ0) is 20.1. The van der Waals surface area contributed by atoms with Gasteiger partial charge < -0.3 is 9.47 Å². The SMILES string of the molecule is C[C@]12C=CC3(C=C1C1(CC1)CC1C2=CC[C@@]2(C)C1[C@@H]1CC[C@@H]1C21CCC(=O)O1)CO3. The fourth-order valence-electron chi connectivity index (χ4n) is 9.73. The van der Waals surface area contributed by atoms with Crippen LogP contribution in [0.15, 0.2) is 35.5 Å². The zero-order valence-corrected chi connectivity index (χ0v) is 18.2. The second-order valence-electron chi connectivity index (χ2n) is 12.4. The summed E-state index contributed by atoms with van der Waals surface area (Å²) < 4.78 is 12.2. The van der Waals surface area contributed by atoms with E-state index in [0.717, 1.165) is 25.4 Å². The lowest BCUT2D eigenvalue weighted by Gasteiger charge is -2.57. The Hall–Kier alpha value is -1.35. The van der Waals surface area contributed by atoms with Crippen LogP contribution in [-0.4, -0.2) is 23.8 Å². The van der Waals surface area contributed by atoms with E-state index in [1.54, 1.807) is 11.1 Å². The average Bonchev–Trinajstić information content (AvgIpc) is 3.58. The van der Waals surface area contributed by atoms with Gasteiger partial charge in [-0.05, 0) is 87.2 Å². The normalized spacial score (nSPS) is 57.7. The third-order valence-electron chi connectivity index (χ3n) is 11.4. The Balaban J connectivity index is 1.29. The van der Waals surface area contributed by atoms with Crippen LogP contribution in [0.4, 0.5) is 0 Å². The van der Waals surface area contributed by atoms with Crippen molar-refractivity contribution >= 4 is 5.97 Å². The fourth-order valence-corrected chi connectivity index (χ4v) is 9.73. The van der Waals surface area contributed by atoms with Crippen molar-refractivity contribution in [1.82, 2.24) is 0 Å². The van der Waals surface area contributed by atoms with Gasteiger partial charge in [0.1, 0.15) is 11.2 Å². The van der Waals surface area contributed by atoms with E-state index in [1.807, 2.05) is 0 Å². The second-order valence-corrected chi connectivity index (χ2v) is 12.4. The number of esters is 1. The van der Waals surface area contributed by atoms with Gasteiger partial charge in [0.25, 0.3) is 0 Å². The highest BCUT2D eigenvalue weighted by Gasteiger charge is 2.76. The maximum Gasteiger partial charge on any atom is 0.306 e. The van der Waals surface area contributed by atoms with Crippen molar-refractivity contribution in [3.05, 3.63) is 35.5 Å². The minimum absolute atomic E-state index is 0.0572. The van der Waals surface area contributed by atoms with Gasteiger partial charge in [-0.3, -0.25) is 4.79 Å². The largest absolute Gasteiger partial charge is 0.458 e. The number of ether oxygens (including phenoxy) is 2. The van der Waals surface area contributed by atoms with E-state index in [9.17, 15) is 4.79 Å². The molecule has 6 aliphatic carbocycles. The molecule has 2 saturated heterocycles. The van der Waals surface area contributed by atoms with Crippen LogP contribution < -0.4 is 0 Å². The molecule has 8 aliphatic rings. The molecule has 30 heavy (non-hydrogen) atoms. The molecule has 0 N–H and O–H groups in total. The van der Waals surface area contributed by atoms with Crippen LogP contribution in [0.5, 0.6) is 0 Å². The van der Waals surface area contributed by atoms with E-state index in [4.69, 9.17) is 9.47 Å². The highest BCUT2D eigenvalue weighted by atomic mass is 16.6. The monoisotopic (exact) mass is 404 g/mol. The van der Waals surface area contributed by atoms with Gasteiger partial charge in [0, 0.05) is 23.2 Å². The Bertz CT molecular complexity index is 994. The Morgan fingerprint density at radius 2 is 1.93 bits per heavy atom. The molecule has 0 aromatic rings. The van der Waals surface area contributed by atoms with Gasteiger partial charge in [-0.2, -0.15) is 0 Å². The summed E-state index contributed by atoms with van der Waals surface area (Å²) in [5.74, 6) is 2.75. The number of allylic oxidation sites excluding steroid dienone is 4. The van der Waals surface area contributed by atoms with Crippen molar-refractivity contribution < 1.29 is 14.3 Å². The van der Waals surface area contributed by atoms with Crippen LogP contribution in [0, 0.1) is 39.9 Å². The number of carbonyl (C=O) groups excluding carboxylic acids is 1. The first kappa shape index (κ1) is 17.2. The van der Waals surface area contributed by atoms with E-state index in [1.165, 1.54) is 32.1 Å². The highest BCUT2D eigenvalue weighted by Crippen LogP contribution is 2.78. The number of hydrogen-bond acceptors (Lipinski definition) is 3. The van der Waals surface area contributed by atoms with Gasteiger partial charge in [-0.15, -0.1) is 0 Å². The van der Waals surface area contributed by atoms with E-state index in [2.05, 4.69) is 38.2 Å². The maximum atomic E-state index is 12.3. The third-order valence-corrected chi connectivity index (χ3v) is 11.4. The van der Waals surface area contributed by atoms with Crippen LogP contribution in [0.3, 0.4) is 0 Å². The molecule has 158 valence electrons. The molecule has 3 spiro atoms. The fraction of sp³-hybridized carbons (Fsp3) is 0.741. The highest BCUT2D eigenvalue weighted by molar-refractivity contribution is 5.73. The number of rotatable bonds is 0. The second kappa shape index (κ2) is 4.70. The summed E-state index contributed by atoms with van der Waals surface area (Å²) in [5.41, 5.74) is 3.70. The molecule has 6 fully saturated rings. The molecule has 4 saturated carbocycles. The van der Waals surface area contributed by atoms with Gasteiger partial charge in [0.05, 0.1) is 6.61 Å². The quantitative estimate of drug-likeness (QED) is 0.319. The minimum Gasteiger partial charge on any atom is -0.458 e. The summed E-state index contributed by atoms with van der Waals surface area (Å²) in [6, 6.07) is 0. The average molecular weight is 405 g/mol. The summed E-state index contributed by atoms with van der Waals surface area (Å²) in [4.78, 5) is 12.3. The summed E-state index contributed by atoms with van der Waals surface area (Å²) >= 11 is 0. The van der Waals surface area contributed by atoms with Crippen molar-refractivity contribution in [2.75, 3.05) is 6.61 Å². The first-order chi connectivity index (χ1) is 14.4. The van der Waals surface area contributed by atoms with E-state index in [-0.39, 0.29) is 28.0 Å². The molecule has 3 nitrogen and oxygen atoms in total. The number of hydrogen-bond donors (Lipinski definition) is 0. The molecule has 2 heterocycles. The maximum absolute atomic E-state index is 12.3. The molecular formula is C27H32O3. The molecule has 3 heteroatoms. The summed E-state index contributed by atoms with van der Waals surface area (Å²) in [6.07, 6.45) is 19.3. The predicted molar refractivity (Wildman–Crippen MR) is 112 cm³/mol. The standard InChI is InChI=1S/C27H32O3/c1-23-9-12-26(15-29-26)14-20(23)25(10-11-25)13-17-18(23)5-7-24(2)22(17)16-3-4-19(16)27(24)8-6-21(28)30-27/h5,9,12,14,16-17,19,22H,3-4,6-8,10-11,13,15H2,1-2H3/t16-,17?,19+,22?,23-,24+,26?,27?/m1/s1. The number of carbonyl (C=O) groups is 1. The predicted octanol–water partition coefficient (Wildman–Crippen LogP) is 5.13. The molecule has 0 aromatic heterocycles. The summed E-state index contributed by atoms with van der Waals surface area (Å²) in [7, 11) is 0. The van der Waals surface area contributed by atoms with Gasteiger partial charge >= 0.3 is 5.97 Å². The summed E-state index contributed by atoms with van der Waals surface area (Å²) in [6.45, 7) is 5.85. The smallest absolute Gasteiger partial charge is 0.306 e. The summed E-state index contributed by atoms with van der Waals surface area (Å²) in [5, 5.41) is 0. The Morgan fingerprint density at radius 3 is 2.57 bits per heavy atom. The first-order valence-corrected chi connectivity index (χ1v) is 12.4. The topological polar surface area (TPSA) is 38.8 Å². The Labute approximate surface area is 179 Å². The molecule has 0 bridgehead atoms. The lowest BCUT2D eigenvalue weighted by molar-refractivity contribution is -0.168. The van der Waals surface area contributed by atoms with Gasteiger partial charge in [0.2, 0.25) is 0 Å². The molecule has 8 rings (SSSR count). The van der Waals surface area contributed by atoms with Crippen molar-refractivity contribution in [2.45, 2.75) is 76.4 Å². The lowest BCUT2D eigenvalue weighted by atomic mass is 9.47. The van der Waals surface area contributed by atoms with E-state index in [0.29, 0.717) is 29.6 Å². The molecule has 2 aliphatic heterocycles. The number of fused-ring (bicyclic) bond motifs is 10. The number of epoxide rings is 1. The zero-order valence-electron chi connectivity index (χ0n) is 18.2. The van der Waals surface area contributed by atoms with E-state index >= 15 is 0 Å². The van der Waals surface area contributed by atoms with Crippen LogP contribution in [0.2, 0.25) is 0 Å². The van der Waals surface area contributed by atoms with Gasteiger partial charge in [0.15, 0.2) is 0 Å².